The fraction of sp³-hybridized carbons (Fsp3) is 1.00. The first-order valence-corrected chi connectivity index (χ1v) is 8.06. The third-order valence-electron chi connectivity index (χ3n) is 3.80. The lowest BCUT2D eigenvalue weighted by atomic mass is 10.1. The summed E-state index contributed by atoms with van der Waals surface area (Å²) in [6.45, 7) is 11.8. The summed E-state index contributed by atoms with van der Waals surface area (Å²) >= 11 is 0. The van der Waals surface area contributed by atoms with Crippen LogP contribution in [-0.2, 0) is 0 Å². The molecule has 2 atom stereocenters. The lowest BCUT2D eigenvalue weighted by molar-refractivity contribution is 0.149. The molecule has 1 rings (SSSR count). The smallest absolute Gasteiger partial charge is 0.0704 e. The molecule has 0 aromatic carbocycles. The van der Waals surface area contributed by atoms with Crippen LogP contribution in [0.2, 0.25) is 0 Å². The van der Waals surface area contributed by atoms with Crippen molar-refractivity contribution in [1.29, 1.82) is 0 Å². The zero-order valence-electron chi connectivity index (χ0n) is 13.1. The first-order chi connectivity index (χ1) is 8.65. The summed E-state index contributed by atoms with van der Waals surface area (Å²) < 4.78 is 0. The van der Waals surface area contributed by atoms with Crippen LogP contribution in [-0.4, -0.2) is 35.7 Å². The number of rotatable bonds is 7. The maximum Gasteiger partial charge on any atom is 0.0704 e. The zero-order chi connectivity index (χ0) is 13.8. The van der Waals surface area contributed by atoms with E-state index in [0.717, 1.165) is 19.6 Å². The van der Waals surface area contributed by atoms with Crippen LogP contribution in [0.1, 0.15) is 72.6 Å². The fourth-order valence-electron chi connectivity index (χ4n) is 2.34. The summed E-state index contributed by atoms with van der Waals surface area (Å²) in [5.41, 5.74) is 0. The molecule has 1 fully saturated rings. The second-order valence-electron chi connectivity index (χ2n) is 5.66. The SMILES string of the molecule is CCCCCCCCC.CCN1CC(C)C(O)C1. The van der Waals surface area contributed by atoms with Crippen LogP contribution < -0.4 is 0 Å². The number of hydrogen-bond donors (Lipinski definition) is 1. The van der Waals surface area contributed by atoms with Gasteiger partial charge in [-0.15, -0.1) is 0 Å². The molecule has 110 valence electrons. The molecule has 0 amide bonds. The molecule has 0 radical (unpaired) electrons. The normalized spacial score (nSPS) is 23.8. The average molecular weight is 257 g/mol. The average Bonchev–Trinajstić information content (AvgIpc) is 2.70. The monoisotopic (exact) mass is 257 g/mol. The standard InChI is InChI=1S/C9H20.C7H15NO/c1-3-5-7-9-8-6-4-2;1-3-8-4-6(2)7(9)5-8/h3-9H2,1-2H3;6-7,9H,3-5H2,1-2H3. The first kappa shape index (κ1) is 17.9. The van der Waals surface area contributed by atoms with Crippen LogP contribution in [0.5, 0.6) is 0 Å². The quantitative estimate of drug-likeness (QED) is 0.695. The van der Waals surface area contributed by atoms with Crippen molar-refractivity contribution >= 4 is 0 Å². The lowest BCUT2D eigenvalue weighted by Gasteiger charge is -2.09. The Morgan fingerprint density at radius 1 is 0.889 bits per heavy atom. The van der Waals surface area contributed by atoms with Crippen LogP contribution in [0.15, 0.2) is 0 Å². The number of unbranched alkanes of at least 4 members (excludes halogenated alkanes) is 6. The second kappa shape index (κ2) is 12.0. The van der Waals surface area contributed by atoms with Gasteiger partial charge in [0, 0.05) is 13.1 Å². The first-order valence-electron chi connectivity index (χ1n) is 8.06. The van der Waals surface area contributed by atoms with Crippen LogP contribution in [0, 0.1) is 5.92 Å². The molecule has 18 heavy (non-hydrogen) atoms. The van der Waals surface area contributed by atoms with Gasteiger partial charge in [0.05, 0.1) is 6.10 Å². The maximum absolute atomic E-state index is 9.26. The predicted molar refractivity (Wildman–Crippen MR) is 81.0 cm³/mol. The van der Waals surface area contributed by atoms with Gasteiger partial charge in [-0.3, -0.25) is 0 Å². The van der Waals surface area contributed by atoms with E-state index in [1.807, 2.05) is 0 Å². The van der Waals surface area contributed by atoms with E-state index in [9.17, 15) is 5.11 Å². The van der Waals surface area contributed by atoms with Crippen LogP contribution in [0.4, 0.5) is 0 Å². The Morgan fingerprint density at radius 3 is 1.67 bits per heavy atom. The Kier molecular flexibility index (Phi) is 11.9. The van der Waals surface area contributed by atoms with Crippen molar-refractivity contribution in [3.8, 4) is 0 Å². The van der Waals surface area contributed by atoms with E-state index in [-0.39, 0.29) is 6.10 Å². The van der Waals surface area contributed by atoms with E-state index in [1.165, 1.54) is 44.9 Å². The zero-order valence-corrected chi connectivity index (χ0v) is 13.1. The van der Waals surface area contributed by atoms with E-state index >= 15 is 0 Å². The molecular formula is C16H35NO. The predicted octanol–water partition coefficient (Wildman–Crippen LogP) is 4.08. The van der Waals surface area contributed by atoms with Gasteiger partial charge in [0.1, 0.15) is 0 Å². The van der Waals surface area contributed by atoms with Gasteiger partial charge in [0.25, 0.3) is 0 Å². The van der Waals surface area contributed by atoms with E-state index in [1.54, 1.807) is 0 Å². The number of likely N-dealkylation sites (N-methyl/N-ethyl adjacent to an activating group) is 1. The van der Waals surface area contributed by atoms with Crippen LogP contribution >= 0.6 is 0 Å². The van der Waals surface area contributed by atoms with Gasteiger partial charge >= 0.3 is 0 Å². The molecule has 0 aromatic heterocycles. The minimum Gasteiger partial charge on any atom is -0.391 e. The van der Waals surface area contributed by atoms with Crippen molar-refractivity contribution < 1.29 is 5.11 Å². The maximum atomic E-state index is 9.26. The highest BCUT2D eigenvalue weighted by molar-refractivity contribution is 4.79. The molecule has 0 saturated carbocycles. The summed E-state index contributed by atoms with van der Waals surface area (Å²) in [6.07, 6.45) is 9.89. The minimum atomic E-state index is -0.0788. The van der Waals surface area contributed by atoms with E-state index < -0.39 is 0 Å². The molecule has 1 aliphatic rings. The fourth-order valence-corrected chi connectivity index (χ4v) is 2.34. The number of aliphatic hydroxyl groups excluding tert-OH is 1. The largest absolute Gasteiger partial charge is 0.391 e. The highest BCUT2D eigenvalue weighted by atomic mass is 16.3. The number of hydrogen-bond acceptors (Lipinski definition) is 2. The van der Waals surface area contributed by atoms with Gasteiger partial charge in [-0.2, -0.15) is 0 Å². The molecular weight excluding hydrogens is 222 g/mol. The van der Waals surface area contributed by atoms with Crippen molar-refractivity contribution in [3.63, 3.8) is 0 Å². The Labute approximate surface area is 115 Å². The number of likely N-dealkylation sites (tertiary alicyclic amines) is 1. The van der Waals surface area contributed by atoms with Gasteiger partial charge in [0.15, 0.2) is 0 Å². The van der Waals surface area contributed by atoms with E-state index in [0.29, 0.717) is 5.92 Å². The van der Waals surface area contributed by atoms with Crippen molar-refractivity contribution in [2.45, 2.75) is 78.7 Å². The molecule has 1 heterocycles. The molecule has 0 spiro atoms. The summed E-state index contributed by atoms with van der Waals surface area (Å²) in [5, 5.41) is 9.26. The summed E-state index contributed by atoms with van der Waals surface area (Å²) in [4.78, 5) is 2.27. The van der Waals surface area contributed by atoms with Crippen molar-refractivity contribution in [1.82, 2.24) is 4.90 Å². The Bertz CT molecular complexity index is 156. The Hall–Kier alpha value is -0.0800. The number of β-amino-alcohol motifs (C(OH)–C–C–N with tert-alkyl or cyclic N) is 1. The number of nitrogens with zero attached hydrogens (tertiary/aromatic N) is 1. The van der Waals surface area contributed by atoms with Gasteiger partial charge in [0.2, 0.25) is 0 Å². The molecule has 1 N–H and O–H groups in total. The van der Waals surface area contributed by atoms with Crippen molar-refractivity contribution in [2.24, 2.45) is 5.92 Å². The molecule has 0 aliphatic carbocycles. The summed E-state index contributed by atoms with van der Waals surface area (Å²) in [6, 6.07) is 0. The third-order valence-corrected chi connectivity index (χ3v) is 3.80. The Balaban J connectivity index is 0.000000321. The van der Waals surface area contributed by atoms with Crippen LogP contribution in [0.3, 0.4) is 0 Å². The third kappa shape index (κ3) is 8.93. The second-order valence-corrected chi connectivity index (χ2v) is 5.66. The minimum absolute atomic E-state index is 0.0788. The Morgan fingerprint density at radius 2 is 1.39 bits per heavy atom. The summed E-state index contributed by atoms with van der Waals surface area (Å²) in [7, 11) is 0. The lowest BCUT2D eigenvalue weighted by Crippen LogP contribution is -2.21. The molecule has 0 aromatic rings. The molecule has 2 heteroatoms. The highest BCUT2D eigenvalue weighted by Crippen LogP contribution is 2.14. The van der Waals surface area contributed by atoms with Gasteiger partial charge in [-0.05, 0) is 12.5 Å². The van der Waals surface area contributed by atoms with Gasteiger partial charge < -0.3 is 10.0 Å². The highest BCUT2D eigenvalue weighted by Gasteiger charge is 2.25. The van der Waals surface area contributed by atoms with E-state index in [4.69, 9.17) is 0 Å². The summed E-state index contributed by atoms with van der Waals surface area (Å²) in [5.74, 6) is 0.477. The topological polar surface area (TPSA) is 23.5 Å². The van der Waals surface area contributed by atoms with Gasteiger partial charge in [-0.1, -0.05) is 72.6 Å². The molecule has 1 saturated heterocycles. The van der Waals surface area contributed by atoms with Crippen molar-refractivity contribution in [2.75, 3.05) is 19.6 Å². The molecule has 1 aliphatic heterocycles. The number of aliphatic hydroxyl groups is 1. The molecule has 2 unspecified atom stereocenters. The molecule has 0 bridgehead atoms. The van der Waals surface area contributed by atoms with Crippen LogP contribution in [0.25, 0.3) is 0 Å². The van der Waals surface area contributed by atoms with Crippen molar-refractivity contribution in [3.05, 3.63) is 0 Å². The van der Waals surface area contributed by atoms with E-state index in [2.05, 4.69) is 32.6 Å². The van der Waals surface area contributed by atoms with Gasteiger partial charge in [-0.25, -0.2) is 0 Å². The molecule has 2 nitrogen and oxygen atoms in total.